The third kappa shape index (κ3) is 17.4. The Hall–Kier alpha value is 0.217. The maximum atomic E-state index is 2.46. The lowest BCUT2D eigenvalue weighted by Crippen LogP contribution is -2.20. The van der Waals surface area contributed by atoms with Crippen LogP contribution >= 0.6 is 0 Å². The van der Waals surface area contributed by atoms with Gasteiger partial charge in [-0.1, -0.05) is 154 Å². The Kier molecular flexibility index (Phi) is 19.2. The van der Waals surface area contributed by atoms with Crippen LogP contribution in [0, 0.1) is 0 Å². The zero-order valence-electron chi connectivity index (χ0n) is 18.8. The molecular formula is C24H52Si. The van der Waals surface area contributed by atoms with E-state index in [0.717, 1.165) is 11.1 Å². The Balaban J connectivity index is 3.19. The molecule has 0 amide bonds. The average Bonchev–Trinajstić information content (AvgIpc) is 2.57. The molecule has 152 valence electrons. The lowest BCUT2D eigenvalue weighted by atomic mass is 10.0. The second kappa shape index (κ2) is 19.0. The number of rotatable bonds is 19. The fourth-order valence-electron chi connectivity index (χ4n) is 4.36. The largest absolute Gasteiger partial charge is 0.0654 e. The highest BCUT2D eigenvalue weighted by Crippen LogP contribution is 2.25. The minimum atomic E-state index is -0.473. The zero-order valence-corrected chi connectivity index (χ0v) is 19.9. The quantitative estimate of drug-likeness (QED) is 0.157. The van der Waals surface area contributed by atoms with Crippen LogP contribution in [0.4, 0.5) is 0 Å². The summed E-state index contributed by atoms with van der Waals surface area (Å²) in [4.78, 5) is 0. The van der Waals surface area contributed by atoms with E-state index in [0.29, 0.717) is 0 Å². The van der Waals surface area contributed by atoms with Crippen LogP contribution in [0.2, 0.25) is 17.1 Å². The molecule has 0 saturated carbocycles. The van der Waals surface area contributed by atoms with Gasteiger partial charge in [0.15, 0.2) is 0 Å². The van der Waals surface area contributed by atoms with Crippen molar-refractivity contribution in [1.29, 1.82) is 0 Å². The molecule has 0 nitrogen and oxygen atoms in total. The van der Waals surface area contributed by atoms with Gasteiger partial charge in [0.05, 0.1) is 0 Å². The normalized spacial score (nSPS) is 12.0. The van der Waals surface area contributed by atoms with Crippen molar-refractivity contribution in [3.05, 3.63) is 0 Å². The molecule has 0 saturated heterocycles. The zero-order chi connectivity index (χ0) is 18.8. The molecule has 0 spiro atoms. The van der Waals surface area contributed by atoms with Crippen molar-refractivity contribution in [3.8, 4) is 0 Å². The van der Waals surface area contributed by atoms with Gasteiger partial charge in [-0.3, -0.25) is 0 Å². The van der Waals surface area contributed by atoms with Gasteiger partial charge in [-0.2, -0.15) is 0 Å². The Bertz CT molecular complexity index is 238. The molecule has 0 atom stereocenters. The van der Waals surface area contributed by atoms with E-state index in [1.807, 2.05) is 0 Å². The first-order valence-electron chi connectivity index (χ1n) is 12.1. The second-order valence-corrected chi connectivity index (χ2v) is 13.8. The molecule has 0 aliphatic rings. The van der Waals surface area contributed by atoms with Crippen LogP contribution in [0.1, 0.15) is 137 Å². The minimum Gasteiger partial charge on any atom is -0.0654 e. The van der Waals surface area contributed by atoms with Crippen LogP contribution in [0.15, 0.2) is 0 Å². The van der Waals surface area contributed by atoms with Crippen molar-refractivity contribution in [2.45, 2.75) is 154 Å². The lowest BCUT2D eigenvalue weighted by Gasteiger charge is -2.23. The summed E-state index contributed by atoms with van der Waals surface area (Å²) >= 11 is 0. The lowest BCUT2D eigenvalue weighted by molar-refractivity contribution is 0.531. The third-order valence-corrected chi connectivity index (χ3v) is 10.6. The molecule has 0 heterocycles. The van der Waals surface area contributed by atoms with Gasteiger partial charge in [-0.05, 0) is 0 Å². The van der Waals surface area contributed by atoms with Gasteiger partial charge >= 0.3 is 0 Å². The van der Waals surface area contributed by atoms with Crippen LogP contribution in [0.3, 0.4) is 0 Å². The van der Waals surface area contributed by atoms with E-state index < -0.39 is 8.80 Å². The molecule has 1 heteroatoms. The van der Waals surface area contributed by atoms with E-state index >= 15 is 0 Å². The van der Waals surface area contributed by atoms with E-state index in [9.17, 15) is 0 Å². The molecule has 25 heavy (non-hydrogen) atoms. The maximum Gasteiger partial charge on any atom is 0.0419 e. The predicted octanol–water partition coefficient (Wildman–Crippen LogP) is 9.29. The van der Waals surface area contributed by atoms with Gasteiger partial charge in [0.1, 0.15) is 0 Å². The van der Waals surface area contributed by atoms with Crippen molar-refractivity contribution < 1.29 is 0 Å². The number of hydrogen-bond acceptors (Lipinski definition) is 0. The molecule has 0 aliphatic carbocycles. The topological polar surface area (TPSA) is 0 Å². The van der Waals surface area contributed by atoms with Crippen molar-refractivity contribution in [2.75, 3.05) is 0 Å². The van der Waals surface area contributed by atoms with Crippen molar-refractivity contribution in [1.82, 2.24) is 0 Å². The Labute approximate surface area is 163 Å². The Morgan fingerprint density at radius 3 is 1.00 bits per heavy atom. The number of hydrogen-bond donors (Lipinski definition) is 0. The van der Waals surface area contributed by atoms with Crippen LogP contribution in [-0.4, -0.2) is 8.80 Å². The van der Waals surface area contributed by atoms with Gasteiger partial charge in [0.2, 0.25) is 0 Å². The standard InChI is InChI=1S/C24H52Si/c1-6-7-8-9-10-11-12-13-14-15-16-17-18-19-20-21-22-25(23(2)3)24(4)5/h23-25H,6-22H2,1-5H3. The summed E-state index contributed by atoms with van der Waals surface area (Å²) in [5.41, 5.74) is 1.99. The highest BCUT2D eigenvalue weighted by atomic mass is 28.3. The molecule has 0 aromatic heterocycles. The molecule has 0 bridgehead atoms. The molecule has 0 aliphatic heterocycles. The van der Waals surface area contributed by atoms with Crippen LogP contribution < -0.4 is 0 Å². The molecule has 0 N–H and O–H groups in total. The first-order valence-corrected chi connectivity index (χ1v) is 14.2. The smallest absolute Gasteiger partial charge is 0.0419 e. The highest BCUT2D eigenvalue weighted by Gasteiger charge is 2.18. The van der Waals surface area contributed by atoms with E-state index in [2.05, 4.69) is 34.6 Å². The molecule has 0 fully saturated rings. The summed E-state index contributed by atoms with van der Waals surface area (Å²) < 4.78 is 0. The molecule has 0 aromatic carbocycles. The summed E-state index contributed by atoms with van der Waals surface area (Å²) in [7, 11) is -0.473. The van der Waals surface area contributed by atoms with E-state index in [1.54, 1.807) is 6.04 Å². The second-order valence-electron chi connectivity index (χ2n) is 9.24. The van der Waals surface area contributed by atoms with Gasteiger partial charge in [0, 0.05) is 8.80 Å². The summed E-state index contributed by atoms with van der Waals surface area (Å²) in [5.74, 6) is 0. The summed E-state index contributed by atoms with van der Waals surface area (Å²) in [6.07, 6.45) is 23.7. The summed E-state index contributed by atoms with van der Waals surface area (Å²) in [6.45, 7) is 12.1. The van der Waals surface area contributed by atoms with Gasteiger partial charge in [-0.25, -0.2) is 0 Å². The maximum absolute atomic E-state index is 2.46. The fraction of sp³-hybridized carbons (Fsp3) is 1.00. The molecule has 0 aromatic rings. The van der Waals surface area contributed by atoms with E-state index in [4.69, 9.17) is 0 Å². The van der Waals surface area contributed by atoms with Crippen molar-refractivity contribution >= 4 is 8.80 Å². The van der Waals surface area contributed by atoms with Gasteiger partial charge in [-0.15, -0.1) is 0 Å². The van der Waals surface area contributed by atoms with Crippen LogP contribution in [0.5, 0.6) is 0 Å². The van der Waals surface area contributed by atoms with Crippen molar-refractivity contribution in [3.63, 3.8) is 0 Å². The first kappa shape index (κ1) is 25.2. The SMILES string of the molecule is CCCCCCCCCCCCCCCCCC[SiH](C(C)C)C(C)C. The summed E-state index contributed by atoms with van der Waals surface area (Å²) in [6, 6.07) is 1.59. The highest BCUT2D eigenvalue weighted by molar-refractivity contribution is 6.61. The van der Waals surface area contributed by atoms with E-state index in [1.165, 1.54) is 103 Å². The van der Waals surface area contributed by atoms with Crippen LogP contribution in [0.25, 0.3) is 0 Å². The molecular weight excluding hydrogens is 316 g/mol. The monoisotopic (exact) mass is 368 g/mol. The Morgan fingerprint density at radius 2 is 0.720 bits per heavy atom. The van der Waals surface area contributed by atoms with E-state index in [-0.39, 0.29) is 0 Å². The predicted molar refractivity (Wildman–Crippen MR) is 122 cm³/mol. The van der Waals surface area contributed by atoms with Gasteiger partial charge in [0.25, 0.3) is 0 Å². The Morgan fingerprint density at radius 1 is 0.440 bits per heavy atom. The van der Waals surface area contributed by atoms with Gasteiger partial charge < -0.3 is 0 Å². The first-order chi connectivity index (χ1) is 12.1. The average molecular weight is 369 g/mol. The van der Waals surface area contributed by atoms with Crippen LogP contribution in [-0.2, 0) is 0 Å². The molecule has 0 unspecified atom stereocenters. The minimum absolute atomic E-state index is 0.473. The molecule has 0 radical (unpaired) electrons. The van der Waals surface area contributed by atoms with Crippen molar-refractivity contribution in [2.24, 2.45) is 0 Å². The molecule has 0 rings (SSSR count). The number of unbranched alkanes of at least 4 members (excludes halogenated alkanes) is 15. The fourth-order valence-corrected chi connectivity index (χ4v) is 8.00. The summed E-state index contributed by atoms with van der Waals surface area (Å²) in [5, 5.41) is 0. The third-order valence-electron chi connectivity index (χ3n) is 6.10.